The third-order valence-corrected chi connectivity index (χ3v) is 13.2. The Morgan fingerprint density at radius 1 is 0.881 bits per heavy atom. The highest BCUT2D eigenvalue weighted by Gasteiger charge is 2.39. The van der Waals surface area contributed by atoms with Crippen LogP contribution in [0.3, 0.4) is 0 Å². The maximum Gasteiger partial charge on any atom is 0.258 e. The molecule has 1 atom stereocenters. The average Bonchev–Trinajstić information content (AvgIpc) is 3.98. The van der Waals surface area contributed by atoms with Crippen LogP contribution in [-0.2, 0) is 16.1 Å². The van der Waals surface area contributed by atoms with E-state index in [-0.39, 0.29) is 36.1 Å². The van der Waals surface area contributed by atoms with Gasteiger partial charge in [-0.25, -0.2) is 14.4 Å². The number of benzene rings is 2. The minimum atomic E-state index is -0.817. The summed E-state index contributed by atoms with van der Waals surface area (Å²) in [4.78, 5) is 71.4. The number of aromatic amines is 1. The molecule has 4 fully saturated rings. The molecule has 16 heteroatoms. The van der Waals surface area contributed by atoms with Crippen molar-refractivity contribution in [1.82, 2.24) is 39.8 Å². The SMILES string of the molecule is O=C1CCC(N2Cc3ccc(N4CCC(CN5CCC(n6cc7cc(NC(=O)c8ccnc9nc[nH]c89)c(N8CCC(F)CC8)cc7n6)CC5)CC4)cc3C2=O)C(=O)N1. The lowest BCUT2D eigenvalue weighted by molar-refractivity contribution is -0.136. The second kappa shape index (κ2) is 15.4. The number of fused-ring (bicyclic) bond motifs is 3. The van der Waals surface area contributed by atoms with E-state index in [1.165, 1.54) is 6.33 Å². The maximum atomic E-state index is 14.2. The second-order valence-corrected chi connectivity index (χ2v) is 16.8. The lowest BCUT2D eigenvalue weighted by atomic mass is 9.94. The molecule has 5 aliphatic rings. The average molecular weight is 802 g/mol. The fraction of sp³-hybridized carbons (Fsp3) is 0.465. The van der Waals surface area contributed by atoms with Crippen molar-refractivity contribution in [1.29, 1.82) is 0 Å². The zero-order valence-corrected chi connectivity index (χ0v) is 32.9. The van der Waals surface area contributed by atoms with Gasteiger partial charge in [0.25, 0.3) is 11.8 Å². The van der Waals surface area contributed by atoms with Crippen molar-refractivity contribution in [3.8, 4) is 0 Å². The van der Waals surface area contributed by atoms with Gasteiger partial charge in [0.2, 0.25) is 11.8 Å². The first-order chi connectivity index (χ1) is 28.7. The molecular formula is C43H48FN11O4. The van der Waals surface area contributed by atoms with Crippen molar-refractivity contribution in [2.24, 2.45) is 5.92 Å². The van der Waals surface area contributed by atoms with Gasteiger partial charge in [-0.2, -0.15) is 5.10 Å². The van der Waals surface area contributed by atoms with Gasteiger partial charge in [-0.05, 0) is 86.8 Å². The fourth-order valence-corrected chi connectivity index (χ4v) is 9.79. The van der Waals surface area contributed by atoms with Crippen LogP contribution in [0.5, 0.6) is 0 Å². The molecule has 4 amide bonds. The van der Waals surface area contributed by atoms with E-state index in [1.807, 2.05) is 24.3 Å². The number of H-pyrrole nitrogens is 1. The number of carbonyl (C=O) groups is 4. The normalized spacial score (nSPS) is 21.5. The van der Waals surface area contributed by atoms with Gasteiger partial charge in [0.1, 0.15) is 12.2 Å². The molecule has 0 bridgehead atoms. The summed E-state index contributed by atoms with van der Waals surface area (Å²) in [5.41, 5.74) is 6.51. The molecule has 3 N–H and O–H groups in total. The van der Waals surface area contributed by atoms with E-state index in [4.69, 9.17) is 5.10 Å². The maximum absolute atomic E-state index is 14.2. The molecule has 1 unspecified atom stereocenters. The zero-order valence-electron chi connectivity index (χ0n) is 32.9. The number of hydrogen-bond donors (Lipinski definition) is 3. The Morgan fingerprint density at radius 3 is 2.47 bits per heavy atom. The van der Waals surface area contributed by atoms with Crippen molar-refractivity contribution in [2.75, 3.05) is 60.9 Å². The lowest BCUT2D eigenvalue weighted by Crippen LogP contribution is -2.52. The number of piperidine rings is 4. The van der Waals surface area contributed by atoms with E-state index >= 15 is 0 Å². The predicted octanol–water partition coefficient (Wildman–Crippen LogP) is 4.81. The Hall–Kier alpha value is -5.90. The highest BCUT2D eigenvalue weighted by atomic mass is 19.1. The molecule has 306 valence electrons. The van der Waals surface area contributed by atoms with E-state index in [9.17, 15) is 23.6 Å². The van der Waals surface area contributed by atoms with Crippen molar-refractivity contribution >= 4 is 62.8 Å². The number of amides is 4. The molecule has 0 aliphatic carbocycles. The van der Waals surface area contributed by atoms with Gasteiger partial charge >= 0.3 is 0 Å². The third kappa shape index (κ3) is 7.27. The first-order valence-corrected chi connectivity index (χ1v) is 21.0. The standard InChI is InChI=1S/C43H48FN11O4/c44-29-8-17-53(18-9-29)37-21-34-28(19-35(37)48-41(57)32-5-12-45-40-39(32)46-25-47-40)24-55(50-34)30-10-13-51(14-11-30)22-26-6-15-52(16-7-26)31-2-1-27-23-54(43(59)33(27)20-31)36-3-4-38(56)49-42(36)58/h1-2,5,12,19-21,24-26,29-30,36H,3-4,6-11,13-18,22-23H2,(H,48,57)(H,45,46,47)(H,49,56,58). The molecule has 59 heavy (non-hydrogen) atoms. The van der Waals surface area contributed by atoms with Crippen LogP contribution in [0.4, 0.5) is 21.5 Å². The van der Waals surface area contributed by atoms with Crippen LogP contribution in [0.15, 0.2) is 55.1 Å². The highest BCUT2D eigenvalue weighted by molar-refractivity contribution is 6.13. The van der Waals surface area contributed by atoms with Gasteiger partial charge < -0.3 is 29.9 Å². The summed E-state index contributed by atoms with van der Waals surface area (Å²) in [7, 11) is 0. The molecule has 0 radical (unpaired) electrons. The van der Waals surface area contributed by atoms with Crippen LogP contribution in [0.1, 0.15) is 83.7 Å². The molecule has 3 aromatic heterocycles. The molecule has 5 aliphatic heterocycles. The minimum Gasteiger partial charge on any atom is -0.371 e. The van der Waals surface area contributed by atoms with Crippen LogP contribution in [0.2, 0.25) is 0 Å². The molecule has 4 saturated heterocycles. The van der Waals surface area contributed by atoms with Gasteiger partial charge in [-0.1, -0.05) is 6.07 Å². The molecule has 5 aromatic rings. The molecule has 0 spiro atoms. The largest absolute Gasteiger partial charge is 0.371 e. The Labute approximate surface area is 340 Å². The summed E-state index contributed by atoms with van der Waals surface area (Å²) in [6.07, 6.45) is 10.0. The fourth-order valence-electron chi connectivity index (χ4n) is 9.79. The number of imidazole rings is 1. The number of nitrogens with one attached hydrogen (secondary N) is 3. The van der Waals surface area contributed by atoms with Crippen molar-refractivity contribution in [3.63, 3.8) is 0 Å². The number of hydrogen-bond acceptors (Lipinski definition) is 10. The van der Waals surface area contributed by atoms with Crippen LogP contribution < -0.4 is 20.4 Å². The molecule has 10 rings (SSSR count). The minimum absolute atomic E-state index is 0.135. The summed E-state index contributed by atoms with van der Waals surface area (Å²) >= 11 is 0. The third-order valence-electron chi connectivity index (χ3n) is 13.2. The molecule has 8 heterocycles. The number of carbonyl (C=O) groups excluding carboxylic acids is 4. The van der Waals surface area contributed by atoms with Crippen LogP contribution >= 0.6 is 0 Å². The number of pyridine rings is 1. The number of alkyl halides is 1. The first-order valence-electron chi connectivity index (χ1n) is 21.0. The molecule has 2 aromatic carbocycles. The van der Waals surface area contributed by atoms with Crippen LogP contribution in [0.25, 0.3) is 22.1 Å². The quantitative estimate of drug-likeness (QED) is 0.186. The smallest absolute Gasteiger partial charge is 0.258 e. The van der Waals surface area contributed by atoms with Gasteiger partial charge in [-0.3, -0.25) is 29.2 Å². The van der Waals surface area contributed by atoms with E-state index in [0.717, 1.165) is 86.2 Å². The number of anilines is 3. The van der Waals surface area contributed by atoms with Gasteiger partial charge in [0.05, 0.1) is 40.3 Å². The Kier molecular flexibility index (Phi) is 9.73. The number of imide groups is 1. The van der Waals surface area contributed by atoms with Crippen LogP contribution in [-0.4, -0.2) is 116 Å². The number of likely N-dealkylation sites (tertiary alicyclic amines) is 1. The highest BCUT2D eigenvalue weighted by Crippen LogP contribution is 2.36. The summed E-state index contributed by atoms with van der Waals surface area (Å²) in [5.74, 6) is -0.476. The van der Waals surface area contributed by atoms with E-state index in [1.54, 1.807) is 17.2 Å². The zero-order chi connectivity index (χ0) is 40.2. The van der Waals surface area contributed by atoms with E-state index in [2.05, 4.69) is 57.2 Å². The Balaban J connectivity index is 0.759. The van der Waals surface area contributed by atoms with Crippen LogP contribution in [0, 0.1) is 5.92 Å². The summed E-state index contributed by atoms with van der Waals surface area (Å²) in [5, 5.41) is 11.5. The monoisotopic (exact) mass is 801 g/mol. The topological polar surface area (TPSA) is 165 Å². The van der Waals surface area contributed by atoms with Crippen molar-refractivity contribution in [3.05, 3.63) is 71.8 Å². The Bertz CT molecular complexity index is 2440. The van der Waals surface area contributed by atoms with Crippen molar-refractivity contribution in [2.45, 2.75) is 76.2 Å². The van der Waals surface area contributed by atoms with Gasteiger partial charge in [0.15, 0.2) is 5.65 Å². The molecule has 15 nitrogen and oxygen atoms in total. The van der Waals surface area contributed by atoms with Gasteiger partial charge in [-0.15, -0.1) is 0 Å². The summed E-state index contributed by atoms with van der Waals surface area (Å²) in [6.45, 7) is 6.44. The first kappa shape index (κ1) is 37.4. The molecule has 0 saturated carbocycles. The summed E-state index contributed by atoms with van der Waals surface area (Å²) < 4.78 is 16.3. The predicted molar refractivity (Wildman–Crippen MR) is 220 cm³/mol. The van der Waals surface area contributed by atoms with Gasteiger partial charge in [0, 0.05) is 87.8 Å². The van der Waals surface area contributed by atoms with E-state index < -0.39 is 12.2 Å². The molecular weight excluding hydrogens is 754 g/mol. The summed E-state index contributed by atoms with van der Waals surface area (Å²) in [6, 6.07) is 11.5. The van der Waals surface area contributed by atoms with Crippen molar-refractivity contribution < 1.29 is 23.6 Å². The Morgan fingerprint density at radius 2 is 1.68 bits per heavy atom. The second-order valence-electron chi connectivity index (χ2n) is 16.8. The number of rotatable bonds is 8. The number of halogens is 1. The van der Waals surface area contributed by atoms with E-state index in [0.29, 0.717) is 72.8 Å². The number of nitrogens with zero attached hydrogens (tertiary/aromatic N) is 8. The lowest BCUT2D eigenvalue weighted by Gasteiger charge is -2.38. The number of aromatic nitrogens is 5.